The van der Waals surface area contributed by atoms with Crippen LogP contribution in [0.4, 0.5) is 5.69 Å². The number of carbonyl (C=O) groups excluding carboxylic acids is 3. The number of hydrogen-bond donors (Lipinski definition) is 0. The van der Waals surface area contributed by atoms with Crippen molar-refractivity contribution >= 4 is 23.7 Å². The first-order valence-electron chi connectivity index (χ1n) is 17.7. The van der Waals surface area contributed by atoms with Gasteiger partial charge in [0.1, 0.15) is 6.29 Å². The van der Waals surface area contributed by atoms with Crippen LogP contribution in [-0.4, -0.2) is 42.6 Å². The minimum atomic E-state index is -1.17. The molecule has 8 unspecified atom stereocenters. The summed E-state index contributed by atoms with van der Waals surface area (Å²) in [5, 5.41) is 8.57. The molecule has 0 N–H and O–H groups in total. The van der Waals surface area contributed by atoms with Gasteiger partial charge in [0.15, 0.2) is 18.5 Å². The van der Waals surface area contributed by atoms with Crippen LogP contribution in [0.5, 0.6) is 0 Å². The number of carbonyl (C=O) groups is 3. The molecule has 1 aliphatic heterocycles. The number of ether oxygens (including phenoxy) is 3. The summed E-state index contributed by atoms with van der Waals surface area (Å²) in [6, 6.07) is 7.54. The van der Waals surface area contributed by atoms with Gasteiger partial charge >= 0.3 is 5.97 Å². The average molecular weight is 657 g/mol. The molecule has 4 fully saturated rings. The third-order valence-electron chi connectivity index (χ3n) is 11.9. The van der Waals surface area contributed by atoms with Gasteiger partial charge in [-0.05, 0) is 100 Å². The third-order valence-corrected chi connectivity index (χ3v) is 11.9. The van der Waals surface area contributed by atoms with Crippen molar-refractivity contribution in [2.24, 2.45) is 38.8 Å². The van der Waals surface area contributed by atoms with Crippen molar-refractivity contribution in [1.82, 2.24) is 0 Å². The van der Waals surface area contributed by atoms with Crippen LogP contribution in [0.15, 0.2) is 82.7 Å². The maximum Gasteiger partial charge on any atom is 0.306 e. The van der Waals surface area contributed by atoms with Gasteiger partial charge in [0, 0.05) is 17.3 Å². The predicted molar refractivity (Wildman–Crippen MR) is 185 cm³/mol. The Morgan fingerprint density at radius 3 is 2.65 bits per heavy atom. The molecule has 1 aromatic carbocycles. The Balaban J connectivity index is 1.33. The molecular formula is C40H52N2O6. The first-order valence-corrected chi connectivity index (χ1v) is 17.7. The molecule has 5 rings (SSSR count). The quantitative estimate of drug-likeness (QED) is 0.0525. The molecule has 48 heavy (non-hydrogen) atoms. The molecule has 0 spiro atoms. The first-order chi connectivity index (χ1) is 23.1. The van der Waals surface area contributed by atoms with Gasteiger partial charge in [-0.2, -0.15) is 10.2 Å². The van der Waals surface area contributed by atoms with Gasteiger partial charge in [-0.25, -0.2) is 0 Å². The number of aryl methyl sites for hydroxylation is 1. The number of allylic oxidation sites excluding steroid dienone is 6. The van der Waals surface area contributed by atoms with Crippen molar-refractivity contribution < 1.29 is 28.6 Å². The zero-order valence-electron chi connectivity index (χ0n) is 29.3. The second-order valence-corrected chi connectivity index (χ2v) is 14.2. The van der Waals surface area contributed by atoms with Gasteiger partial charge in [0.25, 0.3) is 0 Å². The highest BCUT2D eigenvalue weighted by atomic mass is 16.7. The van der Waals surface area contributed by atoms with Crippen molar-refractivity contribution in [3.05, 3.63) is 78.1 Å². The number of aldehydes is 1. The SMILES string of the molecule is C=C/C(=C\C)N=Nc1ccccc1CCC(=O)OCC(=O)C12OC(CCC)OC1CC1C3CC/C(=C/C=O)C(C)(/C=C\C)C3CCC12C. The van der Waals surface area contributed by atoms with Crippen molar-refractivity contribution in [3.8, 4) is 0 Å². The molecule has 1 saturated heterocycles. The third kappa shape index (κ3) is 6.34. The second kappa shape index (κ2) is 15.0. The van der Waals surface area contributed by atoms with E-state index in [0.29, 0.717) is 36.1 Å². The lowest BCUT2D eigenvalue weighted by Crippen LogP contribution is -2.60. The number of hydrogen-bond acceptors (Lipinski definition) is 8. The van der Waals surface area contributed by atoms with Crippen LogP contribution in [0.25, 0.3) is 0 Å². The molecule has 0 radical (unpaired) electrons. The lowest BCUT2D eigenvalue weighted by molar-refractivity contribution is -0.188. The Kier molecular flexibility index (Phi) is 11.2. The van der Waals surface area contributed by atoms with E-state index in [9.17, 15) is 14.4 Å². The Labute approximate surface area is 285 Å². The Morgan fingerprint density at radius 1 is 1.15 bits per heavy atom. The van der Waals surface area contributed by atoms with Gasteiger partial charge in [-0.1, -0.05) is 75.8 Å². The van der Waals surface area contributed by atoms with E-state index >= 15 is 0 Å². The molecule has 3 saturated carbocycles. The van der Waals surface area contributed by atoms with E-state index in [2.05, 4.69) is 49.7 Å². The van der Waals surface area contributed by atoms with Gasteiger partial charge in [0.2, 0.25) is 5.78 Å². The number of Topliss-reactive ketones (excluding diaryl/α,β-unsaturated/α-hetero) is 1. The number of azo groups is 1. The Morgan fingerprint density at radius 2 is 1.94 bits per heavy atom. The summed E-state index contributed by atoms with van der Waals surface area (Å²) in [7, 11) is 0. The zero-order chi connectivity index (χ0) is 34.5. The highest BCUT2D eigenvalue weighted by Crippen LogP contribution is 2.69. The zero-order valence-corrected chi connectivity index (χ0v) is 29.3. The molecule has 3 aliphatic carbocycles. The minimum Gasteiger partial charge on any atom is -0.458 e. The minimum absolute atomic E-state index is 0.105. The van der Waals surface area contributed by atoms with Crippen molar-refractivity contribution in [2.75, 3.05) is 6.61 Å². The fraction of sp³-hybridized carbons (Fsp3) is 0.575. The number of ketones is 1. The summed E-state index contributed by atoms with van der Waals surface area (Å²) in [6.07, 6.45) is 16.0. The molecule has 8 nitrogen and oxygen atoms in total. The highest BCUT2D eigenvalue weighted by molar-refractivity contribution is 5.92. The lowest BCUT2D eigenvalue weighted by Gasteiger charge is -2.57. The lowest BCUT2D eigenvalue weighted by atomic mass is 9.47. The normalized spacial score (nSPS) is 35.4. The molecule has 8 atom stereocenters. The summed E-state index contributed by atoms with van der Waals surface area (Å²) in [4.78, 5) is 39.1. The summed E-state index contributed by atoms with van der Waals surface area (Å²) < 4.78 is 19.0. The van der Waals surface area contributed by atoms with E-state index in [-0.39, 0.29) is 36.2 Å². The van der Waals surface area contributed by atoms with Gasteiger partial charge in [-0.15, -0.1) is 0 Å². The monoisotopic (exact) mass is 656 g/mol. The van der Waals surface area contributed by atoms with Crippen LogP contribution in [0, 0.1) is 28.6 Å². The average Bonchev–Trinajstić information content (AvgIpc) is 3.57. The van der Waals surface area contributed by atoms with E-state index in [1.54, 1.807) is 12.2 Å². The standard InChI is InChI=1S/C40H52N2O6/c1-7-13-37-47-35-25-32-30-18-17-28(21-24-43)38(5,22-8-2)31(30)20-23-39(32,6)40(35,48-37)34(44)26-46-36(45)19-16-27-14-11-12-15-33(27)42-41-29(9-3)10-4/h8-12,14-15,21-22,24,30-32,35,37H,3,7,13,16-20,23,25-26H2,1-2,4-6H3/b22-8-,28-21-,29-10+,42-41?. The number of nitrogens with zero attached hydrogens (tertiary/aromatic N) is 2. The fourth-order valence-corrected chi connectivity index (χ4v) is 9.58. The maximum atomic E-state index is 14.4. The van der Waals surface area contributed by atoms with Crippen molar-refractivity contribution in [3.63, 3.8) is 0 Å². The van der Waals surface area contributed by atoms with E-state index in [1.807, 2.05) is 44.2 Å². The number of rotatable bonds is 13. The molecule has 1 aromatic rings. The molecule has 4 aliphatic rings. The Bertz CT molecular complexity index is 1510. The van der Waals surface area contributed by atoms with Crippen LogP contribution in [0.1, 0.15) is 91.5 Å². The first kappa shape index (κ1) is 35.8. The van der Waals surface area contributed by atoms with Crippen LogP contribution in [-0.2, 0) is 35.0 Å². The van der Waals surface area contributed by atoms with Crippen LogP contribution >= 0.6 is 0 Å². The topological polar surface area (TPSA) is 104 Å². The number of fused-ring (bicyclic) bond motifs is 5. The van der Waals surface area contributed by atoms with Crippen molar-refractivity contribution in [2.45, 2.75) is 110 Å². The number of benzene rings is 1. The van der Waals surface area contributed by atoms with Gasteiger partial charge in [0.05, 0.1) is 17.5 Å². The van der Waals surface area contributed by atoms with Crippen LogP contribution < -0.4 is 0 Å². The van der Waals surface area contributed by atoms with E-state index in [0.717, 1.165) is 50.4 Å². The molecule has 258 valence electrons. The largest absolute Gasteiger partial charge is 0.458 e. The summed E-state index contributed by atoms with van der Waals surface area (Å²) in [6.45, 7) is 13.9. The molecule has 0 bridgehead atoms. The smallest absolute Gasteiger partial charge is 0.306 e. The Hall–Kier alpha value is -3.49. The fourth-order valence-electron chi connectivity index (χ4n) is 9.58. The van der Waals surface area contributed by atoms with Crippen LogP contribution in [0.2, 0.25) is 0 Å². The molecule has 8 heteroatoms. The summed E-state index contributed by atoms with van der Waals surface area (Å²) >= 11 is 0. The second-order valence-electron chi connectivity index (χ2n) is 14.2. The van der Waals surface area contributed by atoms with Crippen molar-refractivity contribution in [1.29, 1.82) is 0 Å². The molecule has 0 amide bonds. The number of esters is 1. The van der Waals surface area contributed by atoms with Gasteiger partial charge in [-0.3, -0.25) is 14.4 Å². The van der Waals surface area contributed by atoms with E-state index < -0.39 is 23.3 Å². The maximum absolute atomic E-state index is 14.4. The summed E-state index contributed by atoms with van der Waals surface area (Å²) in [5.74, 6) is 0.274. The van der Waals surface area contributed by atoms with Gasteiger partial charge < -0.3 is 14.2 Å². The van der Waals surface area contributed by atoms with E-state index in [4.69, 9.17) is 14.2 Å². The highest BCUT2D eigenvalue weighted by Gasteiger charge is 2.74. The molecule has 0 aromatic heterocycles. The predicted octanol–water partition coefficient (Wildman–Crippen LogP) is 8.74. The molecular weight excluding hydrogens is 604 g/mol. The molecule has 1 heterocycles. The van der Waals surface area contributed by atoms with E-state index in [1.165, 1.54) is 5.57 Å². The van der Waals surface area contributed by atoms with Crippen LogP contribution in [0.3, 0.4) is 0 Å². The summed E-state index contributed by atoms with van der Waals surface area (Å²) in [5.41, 5.74) is 1.55.